The van der Waals surface area contributed by atoms with Crippen molar-refractivity contribution in [2.45, 2.75) is 6.10 Å². The molecule has 106 valence electrons. The summed E-state index contributed by atoms with van der Waals surface area (Å²) in [7, 11) is 1.15. The van der Waals surface area contributed by atoms with E-state index in [1.165, 1.54) is 17.4 Å². The maximum atomic E-state index is 11.7. The summed E-state index contributed by atoms with van der Waals surface area (Å²) in [6.45, 7) is -0.257. The van der Waals surface area contributed by atoms with Gasteiger partial charge in [0, 0.05) is 6.07 Å². The number of nitrogens with one attached hydrogen (secondary N) is 1. The Morgan fingerprint density at radius 2 is 2.40 bits per heavy atom. The van der Waals surface area contributed by atoms with Gasteiger partial charge in [-0.15, -0.1) is 11.3 Å². The van der Waals surface area contributed by atoms with Crippen molar-refractivity contribution in [2.75, 3.05) is 13.7 Å². The average Bonchev–Trinajstić information content (AvgIpc) is 3.12. The third-order valence-electron chi connectivity index (χ3n) is 2.44. The van der Waals surface area contributed by atoms with Gasteiger partial charge in [0.1, 0.15) is 0 Å². The Morgan fingerprint density at radius 3 is 3.05 bits per heavy atom. The maximum absolute atomic E-state index is 11.7. The van der Waals surface area contributed by atoms with Gasteiger partial charge in [-0.25, -0.2) is 4.79 Å². The first-order valence-electron chi connectivity index (χ1n) is 5.66. The second-order valence-corrected chi connectivity index (χ2v) is 4.75. The highest BCUT2D eigenvalue weighted by Crippen LogP contribution is 2.24. The van der Waals surface area contributed by atoms with E-state index >= 15 is 0 Å². The molecule has 0 spiro atoms. The second-order valence-electron chi connectivity index (χ2n) is 3.80. The van der Waals surface area contributed by atoms with Crippen LogP contribution >= 0.6 is 11.3 Å². The zero-order valence-electron chi connectivity index (χ0n) is 10.5. The summed E-state index contributed by atoms with van der Waals surface area (Å²) < 4.78 is 9.38. The quantitative estimate of drug-likeness (QED) is 0.786. The largest absolute Gasteiger partial charge is 0.467 e. The summed E-state index contributed by atoms with van der Waals surface area (Å²) in [5.74, 6) is -0.872. The summed E-state index contributed by atoms with van der Waals surface area (Å²) in [5, 5.41) is 17.2. The van der Waals surface area contributed by atoms with Crippen LogP contribution in [0.5, 0.6) is 0 Å². The molecule has 0 saturated carbocycles. The highest BCUT2D eigenvalue weighted by Gasteiger charge is 2.19. The molecule has 2 aromatic rings. The van der Waals surface area contributed by atoms with Gasteiger partial charge in [-0.3, -0.25) is 4.79 Å². The summed E-state index contributed by atoms with van der Waals surface area (Å²) in [6, 6.07) is 5.19. The van der Waals surface area contributed by atoms with Crippen molar-refractivity contribution < 1.29 is 24.0 Å². The number of aliphatic hydroxyl groups excluding tert-OH is 1. The lowest BCUT2D eigenvalue weighted by Crippen LogP contribution is -2.37. The van der Waals surface area contributed by atoms with E-state index in [4.69, 9.17) is 4.52 Å². The van der Waals surface area contributed by atoms with E-state index in [0.29, 0.717) is 5.76 Å². The molecule has 1 amide bonds. The van der Waals surface area contributed by atoms with Gasteiger partial charge in [0.25, 0.3) is 5.91 Å². The van der Waals surface area contributed by atoms with Gasteiger partial charge >= 0.3 is 5.97 Å². The lowest BCUT2D eigenvalue weighted by molar-refractivity contribution is -0.149. The number of aliphatic hydroxyl groups is 1. The zero-order valence-corrected chi connectivity index (χ0v) is 11.3. The van der Waals surface area contributed by atoms with E-state index in [0.717, 1.165) is 12.0 Å². The van der Waals surface area contributed by atoms with Crippen molar-refractivity contribution in [3.8, 4) is 10.6 Å². The number of methoxy groups -OCH3 is 1. The Hall–Kier alpha value is -2.19. The van der Waals surface area contributed by atoms with Crippen molar-refractivity contribution in [1.29, 1.82) is 0 Å². The molecule has 0 bridgehead atoms. The first kappa shape index (κ1) is 14.2. The number of aromatic nitrogens is 1. The molecule has 1 unspecified atom stereocenters. The average molecular weight is 296 g/mol. The fourth-order valence-corrected chi connectivity index (χ4v) is 2.09. The van der Waals surface area contributed by atoms with Crippen molar-refractivity contribution in [3.63, 3.8) is 0 Å². The van der Waals surface area contributed by atoms with Crippen molar-refractivity contribution in [1.82, 2.24) is 10.5 Å². The molecule has 20 heavy (non-hydrogen) atoms. The molecular formula is C12H12N2O5S. The van der Waals surface area contributed by atoms with E-state index in [2.05, 4.69) is 15.2 Å². The molecule has 2 N–H and O–H groups in total. The van der Waals surface area contributed by atoms with Crippen LogP contribution in [0.1, 0.15) is 10.5 Å². The normalized spacial score (nSPS) is 11.9. The third kappa shape index (κ3) is 3.22. The minimum absolute atomic E-state index is 0.0745. The van der Waals surface area contributed by atoms with Crippen LogP contribution in [-0.2, 0) is 9.53 Å². The SMILES string of the molecule is COC(=O)C(O)CNC(=O)c1cc(-c2cccs2)on1. The van der Waals surface area contributed by atoms with Gasteiger partial charge in [0.2, 0.25) is 0 Å². The number of thiophene rings is 1. The molecule has 1 atom stereocenters. The van der Waals surface area contributed by atoms with E-state index in [1.807, 2.05) is 17.5 Å². The predicted octanol–water partition coefficient (Wildman–Crippen LogP) is 0.667. The van der Waals surface area contributed by atoms with Gasteiger partial charge in [0.05, 0.1) is 18.5 Å². The van der Waals surface area contributed by atoms with Crippen LogP contribution in [0.2, 0.25) is 0 Å². The highest BCUT2D eigenvalue weighted by molar-refractivity contribution is 7.13. The zero-order chi connectivity index (χ0) is 14.5. The van der Waals surface area contributed by atoms with Crippen molar-refractivity contribution >= 4 is 23.2 Å². The lowest BCUT2D eigenvalue weighted by atomic mass is 10.3. The molecule has 0 aliphatic carbocycles. The van der Waals surface area contributed by atoms with Crippen LogP contribution in [0, 0.1) is 0 Å². The van der Waals surface area contributed by atoms with Crippen molar-refractivity contribution in [2.24, 2.45) is 0 Å². The molecular weight excluding hydrogens is 284 g/mol. The maximum Gasteiger partial charge on any atom is 0.336 e. The van der Waals surface area contributed by atoms with Crippen LogP contribution in [0.4, 0.5) is 0 Å². The molecule has 0 radical (unpaired) electrons. The molecule has 0 aromatic carbocycles. The molecule has 8 heteroatoms. The molecule has 0 saturated heterocycles. The first-order valence-corrected chi connectivity index (χ1v) is 6.54. The van der Waals surface area contributed by atoms with E-state index < -0.39 is 18.0 Å². The highest BCUT2D eigenvalue weighted by atomic mass is 32.1. The van der Waals surface area contributed by atoms with Gasteiger partial charge in [-0.1, -0.05) is 11.2 Å². The topological polar surface area (TPSA) is 102 Å². The van der Waals surface area contributed by atoms with Gasteiger partial charge in [-0.05, 0) is 11.4 Å². The van der Waals surface area contributed by atoms with Gasteiger partial charge in [0.15, 0.2) is 17.6 Å². The van der Waals surface area contributed by atoms with E-state index in [-0.39, 0.29) is 12.2 Å². The minimum atomic E-state index is -1.41. The Labute approximate surface area is 118 Å². The number of ether oxygens (including phenoxy) is 1. The Balaban J connectivity index is 1.95. The second kappa shape index (κ2) is 6.31. The molecule has 0 aliphatic heterocycles. The third-order valence-corrected chi connectivity index (χ3v) is 3.32. The number of hydrogen-bond donors (Lipinski definition) is 2. The van der Waals surface area contributed by atoms with Crippen LogP contribution in [0.3, 0.4) is 0 Å². The van der Waals surface area contributed by atoms with E-state index in [1.54, 1.807) is 0 Å². The molecule has 0 fully saturated rings. The van der Waals surface area contributed by atoms with Crippen LogP contribution in [0.25, 0.3) is 10.6 Å². The number of nitrogens with zero attached hydrogens (tertiary/aromatic N) is 1. The molecule has 2 rings (SSSR count). The van der Waals surface area contributed by atoms with Crippen LogP contribution in [0.15, 0.2) is 28.1 Å². The summed E-state index contributed by atoms with van der Waals surface area (Å²) in [4.78, 5) is 23.6. The van der Waals surface area contributed by atoms with Crippen molar-refractivity contribution in [3.05, 3.63) is 29.3 Å². The number of hydrogen-bond acceptors (Lipinski definition) is 7. The fraction of sp³-hybridized carbons (Fsp3) is 0.250. The van der Waals surface area contributed by atoms with Crippen LogP contribution < -0.4 is 5.32 Å². The van der Waals surface area contributed by atoms with Gasteiger partial charge < -0.3 is 19.7 Å². The lowest BCUT2D eigenvalue weighted by Gasteiger charge is -2.08. The first-order chi connectivity index (χ1) is 9.61. The predicted molar refractivity (Wildman–Crippen MR) is 70.2 cm³/mol. The Morgan fingerprint density at radius 1 is 1.60 bits per heavy atom. The summed E-state index contributed by atoms with van der Waals surface area (Å²) in [6.07, 6.45) is -1.41. The molecule has 2 aromatic heterocycles. The monoisotopic (exact) mass is 296 g/mol. The Kier molecular flexibility index (Phi) is 4.49. The molecule has 2 heterocycles. The molecule has 0 aliphatic rings. The Bertz CT molecular complexity index is 593. The fourth-order valence-electron chi connectivity index (χ4n) is 1.42. The number of carbonyl (C=O) groups is 2. The van der Waals surface area contributed by atoms with Crippen LogP contribution in [-0.4, -0.2) is 41.9 Å². The smallest absolute Gasteiger partial charge is 0.336 e. The molecule has 7 nitrogen and oxygen atoms in total. The summed E-state index contributed by atoms with van der Waals surface area (Å²) in [5.41, 5.74) is 0.0745. The minimum Gasteiger partial charge on any atom is -0.467 e. The number of carbonyl (C=O) groups excluding carboxylic acids is 2. The standard InChI is InChI=1S/C12H12N2O5S/c1-18-12(17)8(15)6-13-11(16)7-5-9(19-14-7)10-3-2-4-20-10/h2-5,8,15H,6H2,1H3,(H,13,16). The van der Waals surface area contributed by atoms with E-state index in [9.17, 15) is 14.7 Å². The number of esters is 1. The summed E-state index contributed by atoms with van der Waals surface area (Å²) >= 11 is 1.46. The number of amides is 1. The number of rotatable bonds is 5. The van der Waals surface area contributed by atoms with Gasteiger partial charge in [-0.2, -0.15) is 0 Å².